The summed E-state index contributed by atoms with van der Waals surface area (Å²) < 4.78 is 38.1. The highest BCUT2D eigenvalue weighted by atomic mass is 32.2. The molecule has 2 atom stereocenters. The molecule has 2 unspecified atom stereocenters. The quantitative estimate of drug-likeness (QED) is 0.744. The van der Waals surface area contributed by atoms with Gasteiger partial charge in [-0.2, -0.15) is 0 Å². The molecule has 0 amide bonds. The number of hydrogen-bond donors (Lipinski definition) is 0. The van der Waals surface area contributed by atoms with Crippen LogP contribution in [0.4, 0.5) is 0 Å². The summed E-state index contributed by atoms with van der Waals surface area (Å²) in [6.07, 6.45) is 4.18. The van der Waals surface area contributed by atoms with Crippen LogP contribution in [0.1, 0.15) is 36.6 Å². The molecule has 5 nitrogen and oxygen atoms in total. The van der Waals surface area contributed by atoms with Gasteiger partial charge in [0.1, 0.15) is 19.3 Å². The summed E-state index contributed by atoms with van der Waals surface area (Å²) in [4.78, 5) is 0.317. The average Bonchev–Trinajstić information content (AvgIpc) is 2.66. The lowest BCUT2D eigenvalue weighted by Crippen LogP contribution is -2.50. The Morgan fingerprint density at radius 2 is 1.79 bits per heavy atom. The van der Waals surface area contributed by atoms with E-state index in [1.165, 1.54) is 17.4 Å². The third kappa shape index (κ3) is 3.90. The van der Waals surface area contributed by atoms with Crippen LogP contribution in [0.5, 0.6) is 0 Å². The normalized spacial score (nSPS) is 24.3. The molecule has 0 radical (unpaired) electrons. The van der Waals surface area contributed by atoms with E-state index in [1.807, 2.05) is 26.0 Å². The van der Waals surface area contributed by atoms with Crippen LogP contribution in [-0.2, 0) is 25.7 Å². The Kier molecular flexibility index (Phi) is 4.89. The number of fused-ring (bicyclic) bond motifs is 1. The topological polar surface area (TPSA) is 55.6 Å². The first-order valence-corrected chi connectivity index (χ1v) is 11.4. The van der Waals surface area contributed by atoms with Gasteiger partial charge in [0, 0.05) is 18.2 Å². The maximum absolute atomic E-state index is 11.8. The number of ether oxygens (including phenoxy) is 2. The summed E-state index contributed by atoms with van der Waals surface area (Å²) >= 11 is 0. The van der Waals surface area contributed by atoms with E-state index in [4.69, 9.17) is 9.47 Å². The van der Waals surface area contributed by atoms with Crippen LogP contribution in [0.2, 0.25) is 0 Å². The summed E-state index contributed by atoms with van der Waals surface area (Å²) in [6.45, 7) is 5.27. The lowest BCUT2D eigenvalue weighted by Gasteiger charge is -2.39. The van der Waals surface area contributed by atoms with E-state index in [0.717, 1.165) is 18.5 Å². The first-order valence-electron chi connectivity index (χ1n) is 9.53. The van der Waals surface area contributed by atoms with Crippen molar-refractivity contribution < 1.29 is 22.5 Å². The van der Waals surface area contributed by atoms with E-state index in [1.54, 1.807) is 12.1 Å². The molecule has 2 aromatic carbocycles. The molecule has 148 valence electrons. The van der Waals surface area contributed by atoms with Gasteiger partial charge < -0.3 is 9.47 Å². The molecule has 1 saturated heterocycles. The Labute approximate surface area is 166 Å². The molecule has 6 heteroatoms. The van der Waals surface area contributed by atoms with Crippen molar-refractivity contribution in [2.75, 3.05) is 19.4 Å². The van der Waals surface area contributed by atoms with Crippen molar-refractivity contribution in [2.45, 2.75) is 43.1 Å². The van der Waals surface area contributed by atoms with Crippen LogP contribution in [0.15, 0.2) is 53.4 Å². The fourth-order valence-corrected chi connectivity index (χ4v) is 4.53. The molecule has 2 aromatic rings. The molecule has 2 aliphatic rings. The Morgan fingerprint density at radius 3 is 2.50 bits per heavy atom. The van der Waals surface area contributed by atoms with Crippen LogP contribution in [0.25, 0.3) is 0 Å². The van der Waals surface area contributed by atoms with Crippen molar-refractivity contribution in [1.29, 1.82) is 0 Å². The van der Waals surface area contributed by atoms with Crippen LogP contribution in [-0.4, -0.2) is 50.4 Å². The summed E-state index contributed by atoms with van der Waals surface area (Å²) in [7, 11) is -3.22. The number of rotatable bonds is 3. The minimum Gasteiger partial charge on any atom is -0.343 e. The van der Waals surface area contributed by atoms with Gasteiger partial charge in [-0.3, -0.25) is 0 Å². The molecule has 1 fully saturated rings. The summed E-state index contributed by atoms with van der Waals surface area (Å²) in [5.74, 6) is -0.690. The first kappa shape index (κ1) is 19.3. The van der Waals surface area contributed by atoms with Crippen molar-refractivity contribution in [1.82, 2.24) is 0 Å². The SMILES string of the molecule is CC1(C)OCC([N+]2=Cc3ccccc3CC2)C(c2ccc(S(C)(=O)=O)cc2)O1. The Hall–Kier alpha value is -2.02. The van der Waals surface area contributed by atoms with Gasteiger partial charge in [-0.25, -0.2) is 13.0 Å². The van der Waals surface area contributed by atoms with E-state index < -0.39 is 15.6 Å². The predicted molar refractivity (Wildman–Crippen MR) is 108 cm³/mol. The summed E-state index contributed by atoms with van der Waals surface area (Å²) in [6, 6.07) is 15.5. The third-order valence-electron chi connectivity index (χ3n) is 5.42. The van der Waals surface area contributed by atoms with Crippen LogP contribution in [0.3, 0.4) is 0 Å². The molecule has 0 saturated carbocycles. The van der Waals surface area contributed by atoms with Gasteiger partial charge in [0.25, 0.3) is 0 Å². The van der Waals surface area contributed by atoms with E-state index in [9.17, 15) is 8.42 Å². The molecule has 2 heterocycles. The Morgan fingerprint density at radius 1 is 1.07 bits per heavy atom. The molecule has 0 spiro atoms. The molecular weight excluding hydrogens is 374 g/mol. The zero-order chi connectivity index (χ0) is 19.9. The largest absolute Gasteiger partial charge is 0.343 e. The van der Waals surface area contributed by atoms with Crippen molar-refractivity contribution in [3.8, 4) is 0 Å². The van der Waals surface area contributed by atoms with Gasteiger partial charge in [0.2, 0.25) is 6.04 Å². The molecule has 2 aliphatic heterocycles. The second-order valence-corrected chi connectivity index (χ2v) is 9.99. The van der Waals surface area contributed by atoms with Gasteiger partial charge in [0.15, 0.2) is 21.8 Å². The standard InChI is InChI=1S/C22H26NO4S/c1-22(2)26-15-20(23-13-12-16-6-4-5-7-18(16)14-23)21(27-22)17-8-10-19(11-9-17)28(3,24)25/h4-11,14,20-21H,12-13,15H2,1-3H3/q+1. The number of nitrogens with zero attached hydrogens (tertiary/aromatic N) is 1. The number of hydrogen-bond acceptors (Lipinski definition) is 4. The molecule has 4 rings (SSSR count). The average molecular weight is 401 g/mol. The fourth-order valence-electron chi connectivity index (χ4n) is 3.90. The molecule has 0 bridgehead atoms. The molecular formula is C22H26NO4S+. The highest BCUT2D eigenvalue weighted by Gasteiger charge is 2.43. The zero-order valence-electron chi connectivity index (χ0n) is 16.5. The maximum atomic E-state index is 11.8. The van der Waals surface area contributed by atoms with Crippen molar-refractivity contribution >= 4 is 16.1 Å². The van der Waals surface area contributed by atoms with Crippen molar-refractivity contribution in [3.05, 3.63) is 65.2 Å². The monoisotopic (exact) mass is 400 g/mol. The number of sulfone groups is 1. The van der Waals surface area contributed by atoms with E-state index in [-0.39, 0.29) is 12.1 Å². The molecule has 0 N–H and O–H groups in total. The lowest BCUT2D eigenvalue weighted by atomic mass is 9.97. The predicted octanol–water partition coefficient (Wildman–Crippen LogP) is 2.97. The zero-order valence-corrected chi connectivity index (χ0v) is 17.3. The smallest absolute Gasteiger partial charge is 0.206 e. The number of benzene rings is 2. The van der Waals surface area contributed by atoms with Crippen LogP contribution >= 0.6 is 0 Å². The van der Waals surface area contributed by atoms with Gasteiger partial charge in [-0.15, -0.1) is 0 Å². The Balaban J connectivity index is 1.69. The van der Waals surface area contributed by atoms with Gasteiger partial charge in [0.05, 0.1) is 4.90 Å². The first-order chi connectivity index (χ1) is 13.2. The molecule has 28 heavy (non-hydrogen) atoms. The third-order valence-corrected chi connectivity index (χ3v) is 6.55. The highest BCUT2D eigenvalue weighted by Crippen LogP contribution is 2.35. The minimum absolute atomic E-state index is 0.0189. The molecule has 0 aliphatic carbocycles. The maximum Gasteiger partial charge on any atom is 0.206 e. The van der Waals surface area contributed by atoms with Crippen LogP contribution < -0.4 is 0 Å². The fraction of sp³-hybridized carbons (Fsp3) is 0.409. The van der Waals surface area contributed by atoms with E-state index in [2.05, 4.69) is 35.1 Å². The lowest BCUT2D eigenvalue weighted by molar-refractivity contribution is -0.595. The van der Waals surface area contributed by atoms with E-state index >= 15 is 0 Å². The van der Waals surface area contributed by atoms with Gasteiger partial charge >= 0.3 is 0 Å². The second kappa shape index (κ2) is 7.10. The minimum atomic E-state index is -3.22. The summed E-state index contributed by atoms with van der Waals surface area (Å²) in [5.41, 5.74) is 3.54. The molecule has 0 aromatic heterocycles. The Bertz CT molecular complexity index is 1010. The summed E-state index contributed by atoms with van der Waals surface area (Å²) in [5, 5.41) is 0. The van der Waals surface area contributed by atoms with E-state index in [0.29, 0.717) is 11.5 Å². The van der Waals surface area contributed by atoms with Gasteiger partial charge in [-0.05, 0) is 43.2 Å². The second-order valence-electron chi connectivity index (χ2n) is 7.97. The highest BCUT2D eigenvalue weighted by molar-refractivity contribution is 7.90. The van der Waals surface area contributed by atoms with Crippen molar-refractivity contribution in [2.24, 2.45) is 0 Å². The van der Waals surface area contributed by atoms with Crippen molar-refractivity contribution in [3.63, 3.8) is 0 Å². The van der Waals surface area contributed by atoms with Gasteiger partial charge in [-0.1, -0.05) is 30.3 Å². The van der Waals surface area contributed by atoms with Crippen LogP contribution in [0, 0.1) is 0 Å².